The molecule has 0 aromatic heterocycles. The molecule has 1 heterocycles. The molecule has 0 atom stereocenters. The van der Waals surface area contributed by atoms with Gasteiger partial charge in [-0.25, -0.2) is 4.79 Å². The van der Waals surface area contributed by atoms with Crippen LogP contribution in [0, 0.1) is 11.3 Å². The molecule has 6 heteroatoms. The number of hydrogen-bond acceptors (Lipinski definition) is 3. The summed E-state index contributed by atoms with van der Waals surface area (Å²) in [6.45, 7) is 5.58. The molecule has 1 rings (SSSR count). The Kier molecular flexibility index (Phi) is 5.80. The lowest BCUT2D eigenvalue weighted by Gasteiger charge is -2.33. The van der Waals surface area contributed by atoms with E-state index in [2.05, 4.69) is 5.32 Å². The molecular formula is C14H27N3O3. The van der Waals surface area contributed by atoms with Crippen molar-refractivity contribution in [3.8, 4) is 0 Å². The Hall–Kier alpha value is -1.30. The van der Waals surface area contributed by atoms with Crippen LogP contribution in [0.5, 0.6) is 0 Å². The van der Waals surface area contributed by atoms with Gasteiger partial charge in [-0.15, -0.1) is 0 Å². The van der Waals surface area contributed by atoms with Crippen molar-refractivity contribution in [2.45, 2.75) is 26.7 Å². The number of carbonyl (C=O) groups excluding carboxylic acids is 2. The fourth-order valence-corrected chi connectivity index (χ4v) is 2.14. The van der Waals surface area contributed by atoms with Gasteiger partial charge in [-0.2, -0.15) is 0 Å². The molecular weight excluding hydrogens is 258 g/mol. The van der Waals surface area contributed by atoms with Crippen molar-refractivity contribution in [1.29, 1.82) is 0 Å². The van der Waals surface area contributed by atoms with Crippen molar-refractivity contribution < 1.29 is 14.7 Å². The van der Waals surface area contributed by atoms with Gasteiger partial charge < -0.3 is 20.2 Å². The van der Waals surface area contributed by atoms with Crippen LogP contribution in [0.3, 0.4) is 0 Å². The molecule has 2 N–H and O–H groups in total. The maximum absolute atomic E-state index is 12.1. The minimum Gasteiger partial charge on any atom is -0.396 e. The van der Waals surface area contributed by atoms with E-state index in [0.717, 1.165) is 0 Å². The van der Waals surface area contributed by atoms with Crippen LogP contribution in [-0.2, 0) is 4.79 Å². The zero-order chi connectivity index (χ0) is 15.3. The van der Waals surface area contributed by atoms with E-state index in [4.69, 9.17) is 5.11 Å². The lowest BCUT2D eigenvalue weighted by atomic mass is 9.93. The SMILES string of the molecule is CN(C)C(=O)N1CCC(C(=O)NCC(C)(C)CO)CC1. The minimum atomic E-state index is -0.294. The van der Waals surface area contributed by atoms with Crippen LogP contribution in [0.4, 0.5) is 4.79 Å². The fraction of sp³-hybridized carbons (Fsp3) is 0.857. The Morgan fingerprint density at radius 2 is 1.85 bits per heavy atom. The summed E-state index contributed by atoms with van der Waals surface area (Å²) in [6, 6.07) is 0.00488. The first-order valence-electron chi connectivity index (χ1n) is 7.11. The van der Waals surface area contributed by atoms with Crippen LogP contribution in [0.15, 0.2) is 0 Å². The number of nitrogens with zero attached hydrogens (tertiary/aromatic N) is 2. The second-order valence-corrected chi connectivity index (χ2v) is 6.48. The molecule has 0 aliphatic carbocycles. The summed E-state index contributed by atoms with van der Waals surface area (Å²) in [7, 11) is 3.47. The molecule has 0 aromatic carbocycles. The first kappa shape index (κ1) is 16.8. The van der Waals surface area contributed by atoms with E-state index in [-0.39, 0.29) is 29.9 Å². The second-order valence-electron chi connectivity index (χ2n) is 6.48. The van der Waals surface area contributed by atoms with Crippen LogP contribution < -0.4 is 5.32 Å². The molecule has 116 valence electrons. The minimum absolute atomic E-state index is 0.00488. The number of urea groups is 1. The highest BCUT2D eigenvalue weighted by Crippen LogP contribution is 2.19. The Labute approximate surface area is 121 Å². The maximum Gasteiger partial charge on any atom is 0.319 e. The van der Waals surface area contributed by atoms with Crippen molar-refractivity contribution >= 4 is 11.9 Å². The molecule has 0 aromatic rings. The van der Waals surface area contributed by atoms with Gasteiger partial charge in [0.1, 0.15) is 0 Å². The molecule has 0 unspecified atom stereocenters. The number of aliphatic hydroxyl groups is 1. The van der Waals surface area contributed by atoms with Gasteiger partial charge in [-0.3, -0.25) is 4.79 Å². The zero-order valence-electron chi connectivity index (χ0n) is 13.0. The lowest BCUT2D eigenvalue weighted by molar-refractivity contribution is -0.126. The van der Waals surface area contributed by atoms with Crippen LogP contribution in [0.25, 0.3) is 0 Å². The van der Waals surface area contributed by atoms with Crippen molar-refractivity contribution in [2.24, 2.45) is 11.3 Å². The molecule has 0 saturated carbocycles. The highest BCUT2D eigenvalue weighted by atomic mass is 16.3. The van der Waals surface area contributed by atoms with Crippen LogP contribution >= 0.6 is 0 Å². The van der Waals surface area contributed by atoms with E-state index in [0.29, 0.717) is 32.5 Å². The van der Waals surface area contributed by atoms with Gasteiger partial charge in [0.15, 0.2) is 0 Å². The number of piperidine rings is 1. The third-order valence-electron chi connectivity index (χ3n) is 3.69. The average molecular weight is 285 g/mol. The second kappa shape index (κ2) is 6.92. The van der Waals surface area contributed by atoms with Crippen molar-refractivity contribution in [2.75, 3.05) is 40.3 Å². The first-order chi connectivity index (χ1) is 9.26. The third-order valence-corrected chi connectivity index (χ3v) is 3.69. The molecule has 1 aliphatic heterocycles. The third kappa shape index (κ3) is 4.67. The molecule has 1 aliphatic rings. The Balaban J connectivity index is 2.38. The van der Waals surface area contributed by atoms with Crippen molar-refractivity contribution in [3.63, 3.8) is 0 Å². The van der Waals surface area contributed by atoms with E-state index in [1.165, 1.54) is 0 Å². The van der Waals surface area contributed by atoms with E-state index in [9.17, 15) is 9.59 Å². The summed E-state index contributed by atoms with van der Waals surface area (Å²) in [4.78, 5) is 27.2. The van der Waals surface area contributed by atoms with E-state index in [1.807, 2.05) is 13.8 Å². The molecule has 6 nitrogen and oxygen atoms in total. The summed E-state index contributed by atoms with van der Waals surface area (Å²) >= 11 is 0. The molecule has 1 saturated heterocycles. The van der Waals surface area contributed by atoms with Gasteiger partial charge in [0.05, 0.1) is 0 Å². The van der Waals surface area contributed by atoms with Gasteiger partial charge >= 0.3 is 6.03 Å². The quantitative estimate of drug-likeness (QED) is 0.790. The monoisotopic (exact) mass is 285 g/mol. The number of nitrogens with one attached hydrogen (secondary N) is 1. The van der Waals surface area contributed by atoms with Crippen molar-refractivity contribution in [3.05, 3.63) is 0 Å². The Morgan fingerprint density at radius 1 is 1.30 bits per heavy atom. The first-order valence-corrected chi connectivity index (χ1v) is 7.11. The summed E-state index contributed by atoms with van der Waals surface area (Å²) in [5.41, 5.74) is -0.294. The Bertz CT molecular complexity index is 348. The lowest BCUT2D eigenvalue weighted by Crippen LogP contribution is -2.47. The number of aliphatic hydroxyl groups excluding tert-OH is 1. The number of likely N-dealkylation sites (tertiary alicyclic amines) is 1. The van der Waals surface area contributed by atoms with Gasteiger partial charge in [-0.1, -0.05) is 13.8 Å². The molecule has 0 bridgehead atoms. The highest BCUT2D eigenvalue weighted by Gasteiger charge is 2.28. The standard InChI is InChI=1S/C14H27N3O3/c1-14(2,10-18)9-15-12(19)11-5-7-17(8-6-11)13(20)16(3)4/h11,18H,5-10H2,1-4H3,(H,15,19). The number of amides is 3. The average Bonchev–Trinajstić information content (AvgIpc) is 2.44. The fourth-order valence-electron chi connectivity index (χ4n) is 2.14. The molecule has 0 radical (unpaired) electrons. The van der Waals surface area contributed by atoms with Gasteiger partial charge in [0.25, 0.3) is 0 Å². The zero-order valence-corrected chi connectivity index (χ0v) is 13.0. The van der Waals surface area contributed by atoms with E-state index in [1.54, 1.807) is 23.9 Å². The van der Waals surface area contributed by atoms with E-state index < -0.39 is 0 Å². The number of carbonyl (C=O) groups is 2. The summed E-state index contributed by atoms with van der Waals surface area (Å²) in [5, 5.41) is 12.1. The molecule has 0 spiro atoms. The van der Waals surface area contributed by atoms with Gasteiger partial charge in [0, 0.05) is 51.7 Å². The van der Waals surface area contributed by atoms with Crippen molar-refractivity contribution in [1.82, 2.24) is 15.1 Å². The smallest absolute Gasteiger partial charge is 0.319 e. The number of rotatable bonds is 4. The summed E-state index contributed by atoms with van der Waals surface area (Å²) in [6.07, 6.45) is 1.40. The predicted molar refractivity (Wildman–Crippen MR) is 77.3 cm³/mol. The molecule has 1 fully saturated rings. The number of hydrogen-bond donors (Lipinski definition) is 2. The van der Waals surface area contributed by atoms with Crippen LogP contribution in [-0.4, -0.2) is 67.2 Å². The topological polar surface area (TPSA) is 72.9 Å². The Morgan fingerprint density at radius 3 is 2.30 bits per heavy atom. The van der Waals surface area contributed by atoms with Gasteiger partial charge in [-0.05, 0) is 12.8 Å². The van der Waals surface area contributed by atoms with E-state index >= 15 is 0 Å². The molecule has 20 heavy (non-hydrogen) atoms. The molecule has 3 amide bonds. The van der Waals surface area contributed by atoms with Crippen LogP contribution in [0.1, 0.15) is 26.7 Å². The predicted octanol–water partition coefficient (Wildman–Crippen LogP) is 0.515. The van der Waals surface area contributed by atoms with Gasteiger partial charge in [0.2, 0.25) is 5.91 Å². The normalized spacial score (nSPS) is 16.9. The largest absolute Gasteiger partial charge is 0.396 e. The summed E-state index contributed by atoms with van der Waals surface area (Å²) in [5.74, 6) is -0.000757. The van der Waals surface area contributed by atoms with Crippen LogP contribution in [0.2, 0.25) is 0 Å². The summed E-state index contributed by atoms with van der Waals surface area (Å²) < 4.78 is 0. The maximum atomic E-state index is 12.1. The highest BCUT2D eigenvalue weighted by molar-refractivity contribution is 5.79.